The first-order valence-electron chi connectivity index (χ1n) is 4.59. The van der Waals surface area contributed by atoms with Crippen molar-refractivity contribution in [2.75, 3.05) is 13.1 Å². The molecule has 4 N–H and O–H groups in total. The molecule has 9 heteroatoms. The average molecular weight is 253 g/mol. The molecule has 0 saturated carbocycles. The Morgan fingerprint density at radius 3 is 2.12 bits per heavy atom. The second-order valence-electron chi connectivity index (χ2n) is 3.37. The van der Waals surface area contributed by atoms with E-state index >= 15 is 0 Å². The predicted octanol–water partition coefficient (Wildman–Crippen LogP) is 0.0231. The minimum atomic E-state index is -5.08. The third-order valence-electron chi connectivity index (χ3n) is 2.08. The monoisotopic (exact) mass is 253 g/mol. The van der Waals surface area contributed by atoms with Crippen molar-refractivity contribution in [2.24, 2.45) is 0 Å². The Hall–Kier alpha value is -1.77. The Morgan fingerprint density at radius 2 is 1.88 bits per heavy atom. The second-order valence-corrected chi connectivity index (χ2v) is 3.37. The molecule has 0 bridgehead atoms. The standard InChI is InChI=1S/C6H9N3O.C2HF3O2/c10-6-1-5(8-9-6)4-2-7-3-4;3-2(4,5)1(6)7/h1,4,7H,2-3H2,(H2,8,9,10);(H,6,7). The largest absolute Gasteiger partial charge is 0.490 e. The van der Waals surface area contributed by atoms with Crippen LogP contribution in [0.3, 0.4) is 0 Å². The van der Waals surface area contributed by atoms with Gasteiger partial charge in [-0.05, 0) is 0 Å². The first kappa shape index (κ1) is 13.3. The third kappa shape index (κ3) is 3.94. The molecule has 1 aromatic heterocycles. The van der Waals surface area contributed by atoms with Crippen molar-refractivity contribution in [1.29, 1.82) is 0 Å². The van der Waals surface area contributed by atoms with Crippen molar-refractivity contribution in [2.45, 2.75) is 12.1 Å². The van der Waals surface area contributed by atoms with E-state index in [-0.39, 0.29) is 5.56 Å². The number of carbonyl (C=O) groups is 1. The lowest BCUT2D eigenvalue weighted by Gasteiger charge is -2.25. The Kier molecular flexibility index (Phi) is 3.94. The van der Waals surface area contributed by atoms with Crippen LogP contribution in [0.15, 0.2) is 10.9 Å². The summed E-state index contributed by atoms with van der Waals surface area (Å²) in [5.41, 5.74) is 0.977. The van der Waals surface area contributed by atoms with E-state index in [1.165, 1.54) is 0 Å². The first-order valence-corrected chi connectivity index (χ1v) is 4.59. The zero-order valence-electron chi connectivity index (χ0n) is 8.47. The van der Waals surface area contributed by atoms with Gasteiger partial charge in [-0.25, -0.2) is 4.79 Å². The molecule has 1 aliphatic heterocycles. The number of hydrogen-bond donors (Lipinski definition) is 4. The maximum Gasteiger partial charge on any atom is 0.490 e. The molecule has 0 amide bonds. The number of H-pyrrole nitrogens is 2. The van der Waals surface area contributed by atoms with Gasteiger partial charge in [0, 0.05) is 30.8 Å². The van der Waals surface area contributed by atoms with E-state index < -0.39 is 12.1 Å². The van der Waals surface area contributed by atoms with Crippen molar-refractivity contribution < 1.29 is 23.1 Å². The molecule has 0 spiro atoms. The molecule has 0 atom stereocenters. The number of rotatable bonds is 1. The Bertz CT molecular complexity index is 433. The third-order valence-corrected chi connectivity index (χ3v) is 2.08. The average Bonchev–Trinajstić information content (AvgIpc) is 2.48. The fraction of sp³-hybridized carbons (Fsp3) is 0.500. The summed E-state index contributed by atoms with van der Waals surface area (Å²) in [6.45, 7) is 1.96. The fourth-order valence-electron chi connectivity index (χ4n) is 1.08. The van der Waals surface area contributed by atoms with Gasteiger partial charge in [0.05, 0.1) is 0 Å². The molecule has 0 aliphatic carbocycles. The van der Waals surface area contributed by atoms with Gasteiger partial charge in [-0.1, -0.05) is 0 Å². The lowest BCUT2D eigenvalue weighted by Crippen LogP contribution is -2.40. The normalized spacial score (nSPS) is 15.7. The topological polar surface area (TPSA) is 98.0 Å². The van der Waals surface area contributed by atoms with E-state index in [1.54, 1.807) is 6.07 Å². The number of carboxylic acid groups (broad SMARTS) is 1. The van der Waals surface area contributed by atoms with Crippen LogP contribution >= 0.6 is 0 Å². The smallest absolute Gasteiger partial charge is 0.475 e. The van der Waals surface area contributed by atoms with E-state index in [4.69, 9.17) is 9.90 Å². The number of carboxylic acids is 1. The summed E-state index contributed by atoms with van der Waals surface area (Å²) < 4.78 is 31.7. The van der Waals surface area contributed by atoms with Gasteiger partial charge in [0.2, 0.25) is 0 Å². The van der Waals surface area contributed by atoms with E-state index in [2.05, 4.69) is 15.5 Å². The van der Waals surface area contributed by atoms with E-state index in [0.717, 1.165) is 18.8 Å². The second kappa shape index (κ2) is 5.04. The lowest BCUT2D eigenvalue weighted by atomic mass is 10.00. The molecule has 0 radical (unpaired) electrons. The van der Waals surface area contributed by atoms with Crippen LogP contribution < -0.4 is 10.9 Å². The number of aromatic nitrogens is 2. The van der Waals surface area contributed by atoms with Crippen LogP contribution in [0.5, 0.6) is 0 Å². The highest BCUT2D eigenvalue weighted by Crippen LogP contribution is 2.14. The van der Waals surface area contributed by atoms with Gasteiger partial charge < -0.3 is 15.5 Å². The summed E-state index contributed by atoms with van der Waals surface area (Å²) in [4.78, 5) is 19.5. The molecule has 17 heavy (non-hydrogen) atoms. The van der Waals surface area contributed by atoms with Gasteiger partial charge in [-0.3, -0.25) is 9.89 Å². The fourth-order valence-corrected chi connectivity index (χ4v) is 1.08. The Labute approximate surface area is 92.8 Å². The molecule has 2 heterocycles. The van der Waals surface area contributed by atoms with Crippen LogP contribution in [-0.2, 0) is 4.79 Å². The molecule has 1 aliphatic rings. The van der Waals surface area contributed by atoms with E-state index in [1.807, 2.05) is 0 Å². The number of hydrogen-bond acceptors (Lipinski definition) is 3. The summed E-state index contributed by atoms with van der Waals surface area (Å²) in [6, 6.07) is 1.62. The highest BCUT2D eigenvalue weighted by atomic mass is 19.4. The molecule has 1 fully saturated rings. The molecule has 1 aromatic rings. The van der Waals surface area contributed by atoms with Crippen molar-refractivity contribution in [3.05, 3.63) is 22.1 Å². The Balaban J connectivity index is 0.000000185. The molecule has 0 aromatic carbocycles. The quantitative estimate of drug-likeness (QED) is 0.567. The summed E-state index contributed by atoms with van der Waals surface area (Å²) >= 11 is 0. The number of halogens is 3. The highest BCUT2D eigenvalue weighted by molar-refractivity contribution is 5.73. The highest BCUT2D eigenvalue weighted by Gasteiger charge is 2.38. The van der Waals surface area contributed by atoms with Crippen LogP contribution in [0.2, 0.25) is 0 Å². The molecular formula is C8H10F3N3O3. The minimum Gasteiger partial charge on any atom is -0.475 e. The predicted molar refractivity (Wildman–Crippen MR) is 50.7 cm³/mol. The van der Waals surface area contributed by atoms with Gasteiger partial charge in [0.25, 0.3) is 5.56 Å². The SMILES string of the molecule is O=C(O)C(F)(F)F.O=c1cc(C2CNC2)[nH][nH]1. The number of aromatic amines is 2. The molecule has 1 saturated heterocycles. The van der Waals surface area contributed by atoms with Gasteiger partial charge >= 0.3 is 12.1 Å². The first-order chi connectivity index (χ1) is 7.80. The van der Waals surface area contributed by atoms with Gasteiger partial charge in [-0.15, -0.1) is 0 Å². The summed E-state index contributed by atoms with van der Waals surface area (Å²) in [7, 11) is 0. The maximum absolute atomic E-state index is 10.6. The minimum absolute atomic E-state index is 0.0399. The molecule has 0 unspecified atom stereocenters. The van der Waals surface area contributed by atoms with Crippen molar-refractivity contribution in [3.8, 4) is 0 Å². The maximum atomic E-state index is 10.6. The summed E-state index contributed by atoms with van der Waals surface area (Å²) in [5.74, 6) is -2.24. The van der Waals surface area contributed by atoms with Crippen molar-refractivity contribution >= 4 is 5.97 Å². The zero-order valence-corrected chi connectivity index (χ0v) is 8.47. The van der Waals surface area contributed by atoms with Crippen molar-refractivity contribution in [3.63, 3.8) is 0 Å². The number of nitrogens with one attached hydrogen (secondary N) is 3. The lowest BCUT2D eigenvalue weighted by molar-refractivity contribution is -0.192. The van der Waals surface area contributed by atoms with Gasteiger partial charge in [-0.2, -0.15) is 13.2 Å². The molecular weight excluding hydrogens is 243 g/mol. The molecule has 2 rings (SSSR count). The van der Waals surface area contributed by atoms with Crippen LogP contribution in [0.4, 0.5) is 13.2 Å². The summed E-state index contributed by atoms with van der Waals surface area (Å²) in [5, 5.41) is 15.6. The molecule has 6 nitrogen and oxygen atoms in total. The van der Waals surface area contributed by atoms with Gasteiger partial charge in [0.1, 0.15) is 0 Å². The van der Waals surface area contributed by atoms with E-state index in [9.17, 15) is 18.0 Å². The number of alkyl halides is 3. The van der Waals surface area contributed by atoms with Gasteiger partial charge in [0.15, 0.2) is 0 Å². The van der Waals surface area contributed by atoms with E-state index in [0.29, 0.717) is 5.92 Å². The summed E-state index contributed by atoms with van der Waals surface area (Å²) in [6.07, 6.45) is -5.08. The van der Waals surface area contributed by atoms with Crippen LogP contribution in [0, 0.1) is 0 Å². The number of aliphatic carboxylic acids is 1. The zero-order chi connectivity index (χ0) is 13.1. The van der Waals surface area contributed by atoms with Crippen LogP contribution in [0.25, 0.3) is 0 Å². The Morgan fingerprint density at radius 1 is 1.35 bits per heavy atom. The van der Waals surface area contributed by atoms with Crippen LogP contribution in [0.1, 0.15) is 11.6 Å². The van der Waals surface area contributed by atoms with Crippen LogP contribution in [-0.4, -0.2) is 40.5 Å². The molecule has 96 valence electrons. The van der Waals surface area contributed by atoms with Crippen molar-refractivity contribution in [1.82, 2.24) is 15.5 Å².